The molecule has 5 heteroatoms. The third-order valence-electron chi connectivity index (χ3n) is 2.48. The maximum absolute atomic E-state index is 6.05. The fourth-order valence-corrected chi connectivity index (χ4v) is 1.79. The van der Waals surface area contributed by atoms with Crippen molar-refractivity contribution in [3.05, 3.63) is 35.1 Å². The van der Waals surface area contributed by atoms with E-state index in [2.05, 4.69) is 17.1 Å². The molecule has 0 radical (unpaired) electrons. The van der Waals surface area contributed by atoms with Crippen LogP contribution in [0, 0.1) is 0 Å². The highest BCUT2D eigenvalue weighted by molar-refractivity contribution is 6.33. The molecule has 0 spiro atoms. The van der Waals surface area contributed by atoms with E-state index in [0.717, 1.165) is 18.4 Å². The van der Waals surface area contributed by atoms with E-state index >= 15 is 0 Å². The Morgan fingerprint density at radius 3 is 2.88 bits per heavy atom. The topological polar surface area (TPSA) is 64.9 Å². The summed E-state index contributed by atoms with van der Waals surface area (Å²) in [4.78, 5) is 4.27. The summed E-state index contributed by atoms with van der Waals surface area (Å²) >= 11 is 6.05. The third kappa shape index (κ3) is 2.65. The molecule has 0 fully saturated rings. The zero-order valence-electron chi connectivity index (χ0n) is 9.56. The molecular formula is C12H14ClN3O. The molecule has 1 aromatic heterocycles. The number of nitrogens with two attached hydrogens (primary N) is 1. The Kier molecular flexibility index (Phi) is 3.76. The van der Waals surface area contributed by atoms with Crippen LogP contribution in [0.4, 0.5) is 0 Å². The second-order valence-corrected chi connectivity index (χ2v) is 4.24. The fraction of sp³-hybridized carbons (Fsp3) is 0.333. The van der Waals surface area contributed by atoms with Gasteiger partial charge in [-0.1, -0.05) is 42.2 Å². The Hall–Kier alpha value is -1.39. The van der Waals surface area contributed by atoms with Crippen molar-refractivity contribution in [2.45, 2.75) is 25.8 Å². The van der Waals surface area contributed by atoms with Gasteiger partial charge in [0.05, 0.1) is 16.6 Å². The lowest BCUT2D eigenvalue weighted by Gasteiger charge is -2.02. The van der Waals surface area contributed by atoms with Crippen LogP contribution in [-0.2, 0) is 0 Å². The number of hydrogen-bond acceptors (Lipinski definition) is 4. The summed E-state index contributed by atoms with van der Waals surface area (Å²) in [5.41, 5.74) is 6.65. The van der Waals surface area contributed by atoms with Crippen molar-refractivity contribution in [2.24, 2.45) is 5.73 Å². The normalized spacial score (nSPS) is 12.6. The summed E-state index contributed by atoms with van der Waals surface area (Å²) in [5.74, 6) is 0.943. The van der Waals surface area contributed by atoms with Gasteiger partial charge in [0, 0.05) is 0 Å². The maximum atomic E-state index is 6.05. The van der Waals surface area contributed by atoms with Gasteiger partial charge in [-0.05, 0) is 18.6 Å². The van der Waals surface area contributed by atoms with Crippen LogP contribution < -0.4 is 5.73 Å². The fourth-order valence-electron chi connectivity index (χ4n) is 1.57. The van der Waals surface area contributed by atoms with Crippen molar-refractivity contribution >= 4 is 11.6 Å². The van der Waals surface area contributed by atoms with Crippen molar-refractivity contribution < 1.29 is 4.52 Å². The second-order valence-electron chi connectivity index (χ2n) is 3.83. The van der Waals surface area contributed by atoms with Gasteiger partial charge in [0.15, 0.2) is 5.82 Å². The molecule has 0 saturated carbocycles. The first-order valence-electron chi connectivity index (χ1n) is 5.56. The Labute approximate surface area is 105 Å². The number of aromatic nitrogens is 2. The van der Waals surface area contributed by atoms with E-state index in [1.165, 1.54) is 0 Å². The summed E-state index contributed by atoms with van der Waals surface area (Å²) in [5, 5.41) is 4.47. The minimum atomic E-state index is -0.181. The molecule has 0 amide bonds. The van der Waals surface area contributed by atoms with E-state index in [0.29, 0.717) is 16.7 Å². The van der Waals surface area contributed by atoms with E-state index in [9.17, 15) is 0 Å². The summed E-state index contributed by atoms with van der Waals surface area (Å²) in [6.07, 6.45) is 1.82. The van der Waals surface area contributed by atoms with Gasteiger partial charge in [0.2, 0.25) is 0 Å². The quantitative estimate of drug-likeness (QED) is 0.906. The highest BCUT2D eigenvalue weighted by Crippen LogP contribution is 2.26. The first-order valence-corrected chi connectivity index (χ1v) is 5.94. The van der Waals surface area contributed by atoms with E-state index < -0.39 is 0 Å². The van der Waals surface area contributed by atoms with Crippen LogP contribution in [0.1, 0.15) is 31.6 Å². The van der Waals surface area contributed by atoms with Crippen LogP contribution >= 0.6 is 11.6 Å². The summed E-state index contributed by atoms with van der Waals surface area (Å²) < 4.78 is 5.17. The number of rotatable bonds is 4. The second kappa shape index (κ2) is 5.29. The highest BCUT2D eigenvalue weighted by atomic mass is 35.5. The molecule has 1 atom stereocenters. The van der Waals surface area contributed by atoms with Gasteiger partial charge in [-0.2, -0.15) is 4.98 Å². The lowest BCUT2D eigenvalue weighted by molar-refractivity contribution is 0.413. The van der Waals surface area contributed by atoms with E-state index in [-0.39, 0.29) is 6.04 Å². The molecule has 0 saturated heterocycles. The monoisotopic (exact) mass is 251 g/mol. The van der Waals surface area contributed by atoms with Gasteiger partial charge < -0.3 is 10.3 Å². The van der Waals surface area contributed by atoms with Gasteiger partial charge >= 0.3 is 0 Å². The lowest BCUT2D eigenvalue weighted by Crippen LogP contribution is -2.11. The smallest absolute Gasteiger partial charge is 0.259 e. The molecule has 4 nitrogen and oxygen atoms in total. The maximum Gasteiger partial charge on any atom is 0.259 e. The zero-order chi connectivity index (χ0) is 12.3. The zero-order valence-corrected chi connectivity index (χ0v) is 10.3. The van der Waals surface area contributed by atoms with Crippen LogP contribution in [-0.4, -0.2) is 10.1 Å². The molecule has 1 unspecified atom stereocenters. The van der Waals surface area contributed by atoms with Gasteiger partial charge in [-0.15, -0.1) is 0 Å². The molecular weight excluding hydrogens is 238 g/mol. The van der Waals surface area contributed by atoms with E-state index in [1.807, 2.05) is 18.2 Å². The number of hydrogen-bond donors (Lipinski definition) is 1. The summed E-state index contributed by atoms with van der Waals surface area (Å²) in [6, 6.07) is 7.17. The molecule has 2 rings (SSSR count). The summed E-state index contributed by atoms with van der Waals surface area (Å²) in [6.45, 7) is 2.06. The average molecular weight is 252 g/mol. The molecule has 2 N–H and O–H groups in total. The SMILES string of the molecule is CCCC(N)c1noc(-c2ccccc2Cl)n1. The first kappa shape index (κ1) is 12.1. The minimum Gasteiger partial charge on any atom is -0.334 e. The Morgan fingerprint density at radius 2 is 2.18 bits per heavy atom. The molecule has 0 bridgehead atoms. The van der Waals surface area contributed by atoms with Crippen molar-refractivity contribution in [2.75, 3.05) is 0 Å². The number of benzene rings is 1. The third-order valence-corrected chi connectivity index (χ3v) is 2.81. The van der Waals surface area contributed by atoms with Crippen molar-refractivity contribution in [1.29, 1.82) is 0 Å². The highest BCUT2D eigenvalue weighted by Gasteiger charge is 2.15. The molecule has 0 aliphatic rings. The molecule has 1 heterocycles. The predicted molar refractivity (Wildman–Crippen MR) is 66.6 cm³/mol. The number of halogens is 1. The largest absolute Gasteiger partial charge is 0.334 e. The van der Waals surface area contributed by atoms with Crippen molar-refractivity contribution in [1.82, 2.24) is 10.1 Å². The van der Waals surface area contributed by atoms with E-state index in [4.69, 9.17) is 21.9 Å². The van der Waals surface area contributed by atoms with Gasteiger partial charge in [-0.25, -0.2) is 0 Å². The lowest BCUT2D eigenvalue weighted by atomic mass is 10.2. The van der Waals surface area contributed by atoms with Crippen LogP contribution in [0.15, 0.2) is 28.8 Å². The summed E-state index contributed by atoms with van der Waals surface area (Å²) in [7, 11) is 0. The molecule has 17 heavy (non-hydrogen) atoms. The van der Waals surface area contributed by atoms with Crippen molar-refractivity contribution in [3.8, 4) is 11.5 Å². The molecule has 2 aromatic rings. The predicted octanol–water partition coefficient (Wildman–Crippen LogP) is 3.19. The molecule has 90 valence electrons. The standard InChI is InChI=1S/C12H14ClN3O/c1-2-5-10(14)11-15-12(17-16-11)8-6-3-4-7-9(8)13/h3-4,6-7,10H,2,5,14H2,1H3. The van der Waals surface area contributed by atoms with Gasteiger partial charge in [-0.3, -0.25) is 0 Å². The molecule has 0 aliphatic carbocycles. The van der Waals surface area contributed by atoms with Gasteiger partial charge in [0.1, 0.15) is 0 Å². The molecule has 0 aliphatic heterocycles. The van der Waals surface area contributed by atoms with Crippen LogP contribution in [0.5, 0.6) is 0 Å². The van der Waals surface area contributed by atoms with Crippen LogP contribution in [0.2, 0.25) is 5.02 Å². The van der Waals surface area contributed by atoms with Crippen molar-refractivity contribution in [3.63, 3.8) is 0 Å². The Balaban J connectivity index is 2.27. The van der Waals surface area contributed by atoms with Crippen LogP contribution in [0.3, 0.4) is 0 Å². The van der Waals surface area contributed by atoms with Gasteiger partial charge in [0.25, 0.3) is 5.89 Å². The average Bonchev–Trinajstić information content (AvgIpc) is 2.79. The Bertz CT molecular complexity index is 498. The number of nitrogens with zero attached hydrogens (tertiary/aromatic N) is 2. The first-order chi connectivity index (χ1) is 8.22. The molecule has 1 aromatic carbocycles. The minimum absolute atomic E-state index is 0.181. The van der Waals surface area contributed by atoms with E-state index in [1.54, 1.807) is 6.07 Å². The Morgan fingerprint density at radius 1 is 1.41 bits per heavy atom. The van der Waals surface area contributed by atoms with Crippen LogP contribution in [0.25, 0.3) is 11.5 Å².